The topological polar surface area (TPSA) is 52.6 Å². The molecule has 0 aromatic rings. The summed E-state index contributed by atoms with van der Waals surface area (Å²) in [5, 5.41) is 0. The summed E-state index contributed by atoms with van der Waals surface area (Å²) in [6.45, 7) is 8.37. The minimum absolute atomic E-state index is 0.280. The van der Waals surface area contributed by atoms with Crippen LogP contribution < -0.4 is 0 Å². The Labute approximate surface area is 103 Å². The molecule has 0 aromatic carbocycles. The van der Waals surface area contributed by atoms with Crippen molar-refractivity contribution in [2.24, 2.45) is 11.3 Å². The normalized spacial score (nSPS) is 23.4. The summed E-state index contributed by atoms with van der Waals surface area (Å²) >= 11 is 0. The van der Waals surface area contributed by atoms with E-state index in [-0.39, 0.29) is 5.97 Å². The molecule has 0 N–H and O–H groups in total. The fourth-order valence-electron chi connectivity index (χ4n) is 2.13. The van der Waals surface area contributed by atoms with Crippen LogP contribution in [-0.4, -0.2) is 24.6 Å². The first-order valence-electron chi connectivity index (χ1n) is 6.26. The number of carbonyl (C=O) groups excluding carboxylic acids is 2. The Hall–Kier alpha value is -1.06. The van der Waals surface area contributed by atoms with Crippen LogP contribution in [0.4, 0.5) is 0 Å². The summed E-state index contributed by atoms with van der Waals surface area (Å²) in [6, 6.07) is 0. The minimum atomic E-state index is -0.694. The first kappa shape index (κ1) is 14.0. The molecule has 0 spiro atoms. The van der Waals surface area contributed by atoms with Crippen LogP contribution in [0.1, 0.15) is 47.0 Å². The fourth-order valence-corrected chi connectivity index (χ4v) is 2.13. The summed E-state index contributed by atoms with van der Waals surface area (Å²) in [5.41, 5.74) is -0.503. The lowest BCUT2D eigenvalue weighted by atomic mass is 9.80. The zero-order valence-electron chi connectivity index (χ0n) is 11.1. The molecule has 17 heavy (non-hydrogen) atoms. The predicted molar refractivity (Wildman–Crippen MR) is 63.3 cm³/mol. The van der Waals surface area contributed by atoms with Crippen molar-refractivity contribution >= 4 is 11.9 Å². The van der Waals surface area contributed by atoms with Gasteiger partial charge in [-0.1, -0.05) is 20.8 Å². The van der Waals surface area contributed by atoms with Gasteiger partial charge in [-0.05, 0) is 25.7 Å². The highest BCUT2D eigenvalue weighted by molar-refractivity contribution is 5.83. The number of esters is 2. The quantitative estimate of drug-likeness (QED) is 0.694. The van der Waals surface area contributed by atoms with Crippen LogP contribution in [0.3, 0.4) is 0 Å². The smallest absolute Gasteiger partial charge is 0.347 e. The first-order valence-corrected chi connectivity index (χ1v) is 6.26. The zero-order chi connectivity index (χ0) is 13.1. The lowest BCUT2D eigenvalue weighted by Gasteiger charge is -2.28. The average Bonchev–Trinajstić information content (AvgIpc) is 2.63. The molecular formula is C13H22O4. The largest absolute Gasteiger partial charge is 0.463 e. The summed E-state index contributed by atoms with van der Waals surface area (Å²) < 4.78 is 10.0. The molecule has 98 valence electrons. The molecule has 0 aliphatic carbocycles. The molecule has 2 atom stereocenters. The van der Waals surface area contributed by atoms with E-state index in [9.17, 15) is 9.59 Å². The second kappa shape index (κ2) is 5.52. The van der Waals surface area contributed by atoms with Crippen molar-refractivity contribution in [1.29, 1.82) is 0 Å². The molecule has 1 saturated heterocycles. The maximum absolute atomic E-state index is 12.1. The van der Waals surface area contributed by atoms with Gasteiger partial charge in [-0.2, -0.15) is 0 Å². The van der Waals surface area contributed by atoms with Crippen LogP contribution in [0.2, 0.25) is 0 Å². The zero-order valence-corrected chi connectivity index (χ0v) is 11.1. The second-order valence-electron chi connectivity index (χ2n) is 5.36. The monoisotopic (exact) mass is 242 g/mol. The van der Waals surface area contributed by atoms with Crippen LogP contribution in [0.5, 0.6) is 0 Å². The third-order valence-electron chi connectivity index (χ3n) is 3.27. The number of hydrogen-bond acceptors (Lipinski definition) is 4. The Bertz CT molecular complexity index is 298. The van der Waals surface area contributed by atoms with Crippen molar-refractivity contribution in [3.05, 3.63) is 0 Å². The number of hydrogen-bond donors (Lipinski definition) is 0. The van der Waals surface area contributed by atoms with Gasteiger partial charge in [0.1, 0.15) is 0 Å². The molecule has 1 aliphatic rings. The lowest BCUT2D eigenvalue weighted by molar-refractivity contribution is -0.168. The van der Waals surface area contributed by atoms with E-state index in [0.29, 0.717) is 25.4 Å². The average molecular weight is 242 g/mol. The van der Waals surface area contributed by atoms with E-state index in [4.69, 9.17) is 9.47 Å². The summed E-state index contributed by atoms with van der Waals surface area (Å²) in [6.07, 6.45) is 1.27. The summed E-state index contributed by atoms with van der Waals surface area (Å²) in [7, 11) is 0. The van der Waals surface area contributed by atoms with E-state index in [1.54, 1.807) is 0 Å². The van der Waals surface area contributed by atoms with Gasteiger partial charge in [0, 0.05) is 6.42 Å². The van der Waals surface area contributed by atoms with Crippen LogP contribution in [-0.2, 0) is 19.1 Å². The maximum atomic E-state index is 12.1. The number of carbonyl (C=O) groups is 2. The molecule has 0 aromatic heterocycles. The van der Waals surface area contributed by atoms with Crippen molar-refractivity contribution in [1.82, 2.24) is 0 Å². The van der Waals surface area contributed by atoms with Gasteiger partial charge in [0.2, 0.25) is 6.10 Å². The molecule has 0 saturated carbocycles. The number of ether oxygens (including phenoxy) is 2. The third kappa shape index (κ3) is 3.45. The first-order chi connectivity index (χ1) is 7.89. The highest BCUT2D eigenvalue weighted by Gasteiger charge is 2.38. The molecule has 0 radical (unpaired) electrons. The maximum Gasteiger partial charge on any atom is 0.347 e. The second-order valence-corrected chi connectivity index (χ2v) is 5.36. The summed E-state index contributed by atoms with van der Waals surface area (Å²) in [5.74, 6) is -0.276. The molecule has 0 amide bonds. The van der Waals surface area contributed by atoms with E-state index < -0.39 is 17.5 Å². The molecule has 0 bridgehead atoms. The molecular weight excluding hydrogens is 220 g/mol. The third-order valence-corrected chi connectivity index (χ3v) is 3.27. The van der Waals surface area contributed by atoms with Crippen molar-refractivity contribution in [3.8, 4) is 0 Å². The van der Waals surface area contributed by atoms with E-state index in [1.165, 1.54) is 0 Å². The van der Waals surface area contributed by atoms with Crippen molar-refractivity contribution in [2.45, 2.75) is 53.1 Å². The Balaban J connectivity index is 2.62. The van der Waals surface area contributed by atoms with Crippen molar-refractivity contribution < 1.29 is 19.1 Å². The molecule has 1 aliphatic heterocycles. The highest BCUT2D eigenvalue weighted by Crippen LogP contribution is 2.32. The van der Waals surface area contributed by atoms with E-state index in [2.05, 4.69) is 13.8 Å². The van der Waals surface area contributed by atoms with Crippen molar-refractivity contribution in [3.63, 3.8) is 0 Å². The van der Waals surface area contributed by atoms with Gasteiger partial charge < -0.3 is 9.47 Å². The van der Waals surface area contributed by atoms with E-state index >= 15 is 0 Å². The Morgan fingerprint density at radius 3 is 2.65 bits per heavy atom. The van der Waals surface area contributed by atoms with Crippen LogP contribution in [0.15, 0.2) is 0 Å². The molecule has 4 heteroatoms. The Morgan fingerprint density at radius 1 is 1.59 bits per heavy atom. The van der Waals surface area contributed by atoms with Gasteiger partial charge in [-0.15, -0.1) is 0 Å². The predicted octanol–water partition coefficient (Wildman–Crippen LogP) is 2.31. The fraction of sp³-hybridized carbons (Fsp3) is 0.846. The number of rotatable bonds is 5. The molecule has 1 heterocycles. The van der Waals surface area contributed by atoms with Gasteiger partial charge >= 0.3 is 11.9 Å². The number of cyclic esters (lactones) is 1. The van der Waals surface area contributed by atoms with Crippen LogP contribution >= 0.6 is 0 Å². The molecule has 1 fully saturated rings. The Morgan fingerprint density at radius 2 is 2.24 bits per heavy atom. The van der Waals surface area contributed by atoms with Gasteiger partial charge in [-0.3, -0.25) is 4.79 Å². The van der Waals surface area contributed by atoms with E-state index in [1.807, 2.05) is 13.8 Å². The molecule has 2 unspecified atom stereocenters. The van der Waals surface area contributed by atoms with E-state index in [0.717, 1.165) is 6.42 Å². The molecule has 4 nitrogen and oxygen atoms in total. The van der Waals surface area contributed by atoms with Crippen molar-refractivity contribution in [2.75, 3.05) is 6.61 Å². The van der Waals surface area contributed by atoms with Gasteiger partial charge in [-0.25, -0.2) is 4.79 Å². The van der Waals surface area contributed by atoms with Gasteiger partial charge in [0.05, 0.1) is 12.0 Å². The lowest BCUT2D eigenvalue weighted by Crippen LogP contribution is -2.35. The molecule has 1 rings (SSSR count). The summed E-state index contributed by atoms with van der Waals surface area (Å²) in [4.78, 5) is 23.4. The standard InChI is InChI=1S/C13H22O4/c1-5-13(4,8-9(2)3)12(15)17-10-6-7-16-11(10)14/h9-10H,5-8H2,1-4H3. The highest BCUT2D eigenvalue weighted by atomic mass is 16.6. The minimum Gasteiger partial charge on any atom is -0.463 e. The van der Waals surface area contributed by atoms with Crippen LogP contribution in [0.25, 0.3) is 0 Å². The Kier molecular flexibility index (Phi) is 4.54. The van der Waals surface area contributed by atoms with Gasteiger partial charge in [0.25, 0.3) is 0 Å². The van der Waals surface area contributed by atoms with Crippen LogP contribution in [0, 0.1) is 11.3 Å². The van der Waals surface area contributed by atoms with Gasteiger partial charge in [0.15, 0.2) is 0 Å². The SMILES string of the molecule is CCC(C)(CC(C)C)C(=O)OC1CCOC1=O.